The molecule has 5 aromatic rings. The summed E-state index contributed by atoms with van der Waals surface area (Å²) >= 11 is 0. The van der Waals surface area contributed by atoms with Crippen molar-refractivity contribution in [2.75, 3.05) is 0 Å². The minimum atomic E-state index is -7.48. The normalized spacial score (nSPS) is 14.2. The van der Waals surface area contributed by atoms with Crippen molar-refractivity contribution < 1.29 is 51.6 Å². The van der Waals surface area contributed by atoms with Crippen molar-refractivity contribution in [3.05, 3.63) is 115 Å². The summed E-state index contributed by atoms with van der Waals surface area (Å²) in [5.74, 6) is -14.9. The van der Waals surface area contributed by atoms with Crippen LogP contribution in [0.25, 0.3) is 21.5 Å². The zero-order chi connectivity index (χ0) is 32.2. The van der Waals surface area contributed by atoms with Crippen LogP contribution in [0.1, 0.15) is 0 Å². The molecule has 0 N–H and O–H groups in total. The fraction of sp³-hybridized carbons (Fsp3) is 0.133. The largest absolute Gasteiger partial charge is 0.460 e. The van der Waals surface area contributed by atoms with Crippen molar-refractivity contribution >= 4 is 42.0 Å². The minimum absolute atomic E-state index is 0.122. The average Bonchev–Trinajstić information content (AvgIpc) is 2.99. The Morgan fingerprint density at radius 3 is 1.34 bits per heavy atom. The van der Waals surface area contributed by atoms with Crippen molar-refractivity contribution in [1.82, 2.24) is 0 Å². The van der Waals surface area contributed by atoms with Crippen molar-refractivity contribution in [3.8, 4) is 0 Å². The molecule has 0 atom stereocenters. The first-order valence-electron chi connectivity index (χ1n) is 12.5. The first-order valence-corrected chi connectivity index (χ1v) is 15.5. The van der Waals surface area contributed by atoms with Crippen LogP contribution in [-0.4, -0.2) is 31.7 Å². The smallest absolute Gasteiger partial charge is 0.202 e. The highest BCUT2D eigenvalue weighted by Crippen LogP contribution is 2.73. The van der Waals surface area contributed by atoms with E-state index in [0.717, 1.165) is 0 Å². The number of halogens is 9. The third-order valence-electron chi connectivity index (χ3n) is 6.82. The lowest BCUT2D eigenvalue weighted by molar-refractivity contribution is -0.382. The molecule has 0 spiro atoms. The van der Waals surface area contributed by atoms with Gasteiger partial charge in [-0.25, -0.2) is 3.63 Å². The maximum Gasteiger partial charge on any atom is 0.460 e. The number of hydrogen-bond donors (Lipinski definition) is 0. The molecule has 0 radical (unpaired) electrons. The van der Waals surface area contributed by atoms with E-state index in [4.69, 9.17) is 3.63 Å². The van der Waals surface area contributed by atoms with Crippen molar-refractivity contribution in [2.45, 2.75) is 38.0 Å². The number of rotatable bonds is 8. The predicted molar refractivity (Wildman–Crippen MR) is 148 cm³/mol. The summed E-state index contributed by atoms with van der Waals surface area (Å²) < 4.78 is 158. The second kappa shape index (κ2) is 10.7. The fourth-order valence-corrected chi connectivity index (χ4v) is 10.3. The summed E-state index contributed by atoms with van der Waals surface area (Å²) in [6.45, 7) is 0. The lowest BCUT2D eigenvalue weighted by Crippen LogP contribution is -2.63. The van der Waals surface area contributed by atoms with Gasteiger partial charge in [0.1, 0.15) is 0 Å². The van der Waals surface area contributed by atoms with Gasteiger partial charge in [-0.2, -0.15) is 47.9 Å². The molecule has 0 aliphatic rings. The molecule has 5 rings (SSSR count). The van der Waals surface area contributed by atoms with Crippen LogP contribution in [0.5, 0.6) is 0 Å². The minimum Gasteiger partial charge on any atom is -0.202 e. The molecule has 0 bridgehead atoms. The Kier molecular flexibility index (Phi) is 7.70. The van der Waals surface area contributed by atoms with E-state index in [0.29, 0.717) is 10.8 Å². The van der Waals surface area contributed by atoms with Gasteiger partial charge < -0.3 is 0 Å². The maximum atomic E-state index is 15.3. The van der Waals surface area contributed by atoms with Crippen molar-refractivity contribution in [3.63, 3.8) is 0 Å². The Balaban J connectivity index is 1.92. The van der Waals surface area contributed by atoms with Crippen LogP contribution in [-0.2, 0) is 13.7 Å². The quantitative estimate of drug-likeness (QED) is 0.155. The van der Waals surface area contributed by atoms with E-state index >= 15 is 8.78 Å². The Morgan fingerprint density at radius 1 is 0.477 bits per heavy atom. The van der Waals surface area contributed by atoms with Crippen LogP contribution in [0.4, 0.5) is 39.5 Å². The molecular weight excluding hydrogens is 643 g/mol. The van der Waals surface area contributed by atoms with Crippen LogP contribution < -0.4 is 0 Å². The molecule has 0 fully saturated rings. The van der Waals surface area contributed by atoms with Crippen LogP contribution in [0, 0.1) is 0 Å². The average molecular weight is 663 g/mol. The molecule has 5 aromatic carbocycles. The van der Waals surface area contributed by atoms with E-state index in [9.17, 15) is 39.2 Å². The highest BCUT2D eigenvalue weighted by molar-refractivity contribution is 8.33. The Hall–Kier alpha value is -3.75. The summed E-state index contributed by atoms with van der Waals surface area (Å²) in [5.41, 5.74) is 0. The first kappa shape index (κ1) is 31.7. The molecule has 0 saturated heterocycles. The van der Waals surface area contributed by atoms with Gasteiger partial charge in [-0.15, -0.1) is 0 Å². The van der Waals surface area contributed by atoms with Gasteiger partial charge >= 0.3 is 33.4 Å². The highest BCUT2D eigenvalue weighted by atomic mass is 32.3. The highest BCUT2D eigenvalue weighted by Gasteiger charge is 2.86. The zero-order valence-corrected chi connectivity index (χ0v) is 23.5. The van der Waals surface area contributed by atoms with Crippen molar-refractivity contribution in [1.29, 1.82) is 0 Å². The van der Waals surface area contributed by atoms with Crippen molar-refractivity contribution in [2.24, 2.45) is 0 Å². The number of hydrogen-bond acceptors (Lipinski definition) is 3. The molecule has 0 unspecified atom stereocenters. The van der Waals surface area contributed by atoms with Gasteiger partial charge in [-0.1, -0.05) is 91.0 Å². The van der Waals surface area contributed by atoms with Gasteiger partial charge in [0.05, 0.1) is 0 Å². The molecule has 0 aromatic heterocycles. The number of fused-ring (bicyclic) bond motifs is 2. The predicted octanol–water partition coefficient (Wildman–Crippen LogP) is 9.96. The molecule has 3 nitrogen and oxygen atoms in total. The standard InChI is InChI=1S/C30H19F9O3S2/c31-27(32,29(35,36)37)28(33,34)30(38,39)44(40,41)42-43(22-14-2-1-3-15-22,25-18-8-12-20-10-4-6-16-23(20)25)26-19-9-13-21-11-5-7-17-24(21)26/h1-19H. The topological polar surface area (TPSA) is 43.4 Å². The second-order valence-electron chi connectivity index (χ2n) is 9.51. The Morgan fingerprint density at radius 2 is 0.886 bits per heavy atom. The molecule has 0 heterocycles. The van der Waals surface area contributed by atoms with E-state index in [1.54, 1.807) is 36.4 Å². The summed E-state index contributed by atoms with van der Waals surface area (Å²) in [5, 5.41) is -5.78. The van der Waals surface area contributed by atoms with Crippen LogP contribution in [0.15, 0.2) is 130 Å². The SMILES string of the molecule is O=S(=O)(OS(c1ccccc1)(c1cccc2ccccc12)c1cccc2ccccc12)C(F)(F)C(F)(F)C(F)(F)C(F)(F)F. The monoisotopic (exact) mass is 662 g/mol. The fourth-order valence-electron chi connectivity index (χ4n) is 4.68. The van der Waals surface area contributed by atoms with E-state index in [-0.39, 0.29) is 25.5 Å². The molecule has 0 aliphatic heterocycles. The van der Waals surface area contributed by atoms with E-state index in [1.807, 2.05) is 0 Å². The zero-order valence-electron chi connectivity index (χ0n) is 21.9. The van der Waals surface area contributed by atoms with Gasteiger partial charge in [-0.05, 0) is 56.1 Å². The van der Waals surface area contributed by atoms with Gasteiger partial charge in [-0.3, -0.25) is 0 Å². The van der Waals surface area contributed by atoms with E-state index < -0.39 is 43.7 Å². The second-order valence-corrected chi connectivity index (χ2v) is 13.9. The van der Waals surface area contributed by atoms with Gasteiger partial charge in [0.15, 0.2) is 0 Å². The lowest BCUT2D eigenvalue weighted by atomic mass is 10.1. The summed E-state index contributed by atoms with van der Waals surface area (Å²) in [6, 6.07) is 27.7. The first-order chi connectivity index (χ1) is 20.5. The number of benzene rings is 5. The van der Waals surface area contributed by atoms with Crippen LogP contribution in [0.2, 0.25) is 0 Å². The molecule has 232 valence electrons. The third-order valence-corrected chi connectivity index (χ3v) is 12.1. The van der Waals surface area contributed by atoms with E-state index in [1.165, 1.54) is 78.9 Å². The maximum absolute atomic E-state index is 15.3. The molecular formula is C30H19F9O3S2. The molecule has 0 amide bonds. The summed E-state index contributed by atoms with van der Waals surface area (Å²) in [4.78, 5) is -0.398. The lowest BCUT2D eigenvalue weighted by Gasteiger charge is -2.42. The van der Waals surface area contributed by atoms with Crippen LogP contribution in [0.3, 0.4) is 0 Å². The Bertz CT molecular complexity index is 1850. The molecule has 0 aliphatic carbocycles. The van der Waals surface area contributed by atoms with Gasteiger partial charge in [0.25, 0.3) is 0 Å². The molecule has 14 heteroatoms. The molecule has 0 saturated carbocycles. The number of alkyl halides is 9. The molecule has 44 heavy (non-hydrogen) atoms. The third kappa shape index (κ3) is 4.70. The summed E-state index contributed by atoms with van der Waals surface area (Å²) in [7, 11) is -11.5. The van der Waals surface area contributed by atoms with Gasteiger partial charge in [0, 0.05) is 14.7 Å². The van der Waals surface area contributed by atoms with Crippen LogP contribution >= 0.6 is 10.3 Å². The summed E-state index contributed by atoms with van der Waals surface area (Å²) in [6.07, 6.45) is -7.23. The van der Waals surface area contributed by atoms with E-state index in [2.05, 4.69) is 0 Å². The van der Waals surface area contributed by atoms with Gasteiger partial charge in [0.2, 0.25) is 0 Å². The Labute approximate surface area is 246 Å².